The predicted octanol–water partition coefficient (Wildman–Crippen LogP) is 4.09. The minimum atomic E-state index is -3.28. The summed E-state index contributed by atoms with van der Waals surface area (Å²) in [5.41, 5.74) is 1.65. The van der Waals surface area contributed by atoms with Crippen LogP contribution in [0.25, 0.3) is 0 Å². The van der Waals surface area contributed by atoms with Gasteiger partial charge in [0.2, 0.25) is 10.0 Å². The molecule has 1 aromatic rings. The predicted molar refractivity (Wildman–Crippen MR) is 89.6 cm³/mol. The highest BCUT2D eigenvalue weighted by Crippen LogP contribution is 2.37. The van der Waals surface area contributed by atoms with E-state index in [-0.39, 0.29) is 0 Å². The van der Waals surface area contributed by atoms with Crippen LogP contribution >= 0.6 is 11.6 Å². The minimum absolute atomic E-state index is 0.338. The summed E-state index contributed by atoms with van der Waals surface area (Å²) in [6, 6.07) is 5.51. The number of sulfonamides is 1. The van der Waals surface area contributed by atoms with E-state index in [4.69, 9.17) is 11.6 Å². The molecule has 21 heavy (non-hydrogen) atoms. The Hall–Kier alpha value is -0.940. The molecule has 0 amide bonds. The van der Waals surface area contributed by atoms with E-state index in [9.17, 15) is 8.42 Å². The molecule has 1 saturated carbocycles. The van der Waals surface area contributed by atoms with Crippen molar-refractivity contribution in [2.24, 2.45) is 5.41 Å². The number of rotatable bonds is 4. The van der Waals surface area contributed by atoms with Crippen LogP contribution in [0.2, 0.25) is 5.02 Å². The number of benzene rings is 1. The fourth-order valence-corrected chi connectivity index (χ4v) is 3.68. The maximum absolute atomic E-state index is 11.3. The molecule has 1 aromatic carbocycles. The largest absolute Gasteiger partial charge is 0.381 e. The van der Waals surface area contributed by atoms with Crippen LogP contribution in [0.15, 0.2) is 18.2 Å². The number of halogens is 1. The molecule has 1 unspecified atom stereocenters. The summed E-state index contributed by atoms with van der Waals surface area (Å²) in [5, 5.41) is 4.07. The summed E-state index contributed by atoms with van der Waals surface area (Å²) in [5.74, 6) is 0. The molecule has 1 atom stereocenters. The Morgan fingerprint density at radius 2 is 2.05 bits per heavy atom. The zero-order chi connectivity index (χ0) is 15.7. The Bertz CT molecular complexity index is 614. The first-order chi connectivity index (χ1) is 9.65. The van der Waals surface area contributed by atoms with E-state index >= 15 is 0 Å². The lowest BCUT2D eigenvalue weighted by Gasteiger charge is -2.36. The van der Waals surface area contributed by atoms with Crippen LogP contribution in [-0.2, 0) is 10.0 Å². The molecule has 1 aliphatic carbocycles. The van der Waals surface area contributed by atoms with Crippen LogP contribution < -0.4 is 10.0 Å². The molecule has 2 rings (SSSR count). The third kappa shape index (κ3) is 5.08. The van der Waals surface area contributed by atoms with Crippen LogP contribution in [0, 0.1) is 5.41 Å². The lowest BCUT2D eigenvalue weighted by Crippen LogP contribution is -2.31. The van der Waals surface area contributed by atoms with Gasteiger partial charge in [0.1, 0.15) is 0 Å². The lowest BCUT2D eigenvalue weighted by molar-refractivity contribution is 0.229. The molecule has 4 nitrogen and oxygen atoms in total. The average molecular weight is 331 g/mol. The van der Waals surface area contributed by atoms with Crippen molar-refractivity contribution in [3.63, 3.8) is 0 Å². The first-order valence-electron chi connectivity index (χ1n) is 7.19. The van der Waals surface area contributed by atoms with Crippen molar-refractivity contribution in [2.45, 2.75) is 45.6 Å². The van der Waals surface area contributed by atoms with Gasteiger partial charge in [0.25, 0.3) is 0 Å². The summed E-state index contributed by atoms with van der Waals surface area (Å²) in [6.07, 6.45) is 5.78. The molecule has 118 valence electrons. The molecule has 0 saturated heterocycles. The highest BCUT2D eigenvalue weighted by molar-refractivity contribution is 7.92. The van der Waals surface area contributed by atoms with Crippen LogP contribution in [0.4, 0.5) is 11.4 Å². The summed E-state index contributed by atoms with van der Waals surface area (Å²) in [6.45, 7) is 4.56. The van der Waals surface area contributed by atoms with Crippen molar-refractivity contribution in [1.29, 1.82) is 0 Å². The standard InChI is InChI=1S/C15H23ClN2O2S/c1-15(2)8-4-5-12(10-15)17-14-9-11(6-7-13(14)16)18-21(3,19)20/h6-7,9,12,17-18H,4-5,8,10H2,1-3H3. The Morgan fingerprint density at radius 1 is 1.33 bits per heavy atom. The molecule has 0 radical (unpaired) electrons. The van der Waals surface area contributed by atoms with Gasteiger partial charge in [-0.25, -0.2) is 8.42 Å². The van der Waals surface area contributed by atoms with Gasteiger partial charge in [-0.1, -0.05) is 31.9 Å². The number of hydrogen-bond donors (Lipinski definition) is 2. The molecule has 0 spiro atoms. The maximum Gasteiger partial charge on any atom is 0.229 e. The summed E-state index contributed by atoms with van der Waals surface area (Å²) < 4.78 is 25.1. The van der Waals surface area contributed by atoms with Crippen molar-refractivity contribution in [3.8, 4) is 0 Å². The molecule has 0 aromatic heterocycles. The molecule has 2 N–H and O–H groups in total. The summed E-state index contributed by atoms with van der Waals surface area (Å²) >= 11 is 6.22. The second-order valence-electron chi connectivity index (χ2n) is 6.67. The summed E-state index contributed by atoms with van der Waals surface area (Å²) in [7, 11) is -3.28. The molecular weight excluding hydrogens is 308 g/mol. The fourth-order valence-electron chi connectivity index (χ4n) is 2.95. The molecule has 0 aliphatic heterocycles. The van der Waals surface area contributed by atoms with E-state index in [2.05, 4.69) is 23.9 Å². The van der Waals surface area contributed by atoms with Gasteiger partial charge in [-0.2, -0.15) is 0 Å². The van der Waals surface area contributed by atoms with Crippen LogP contribution in [-0.4, -0.2) is 20.7 Å². The van der Waals surface area contributed by atoms with E-state index < -0.39 is 10.0 Å². The van der Waals surface area contributed by atoms with Crippen LogP contribution in [0.5, 0.6) is 0 Å². The third-order valence-corrected chi connectivity index (χ3v) is 4.77. The molecule has 1 aliphatic rings. The van der Waals surface area contributed by atoms with Gasteiger partial charge < -0.3 is 5.32 Å². The zero-order valence-electron chi connectivity index (χ0n) is 12.7. The Kier molecular flexibility index (Phi) is 4.73. The Labute approximate surface area is 132 Å². The molecular formula is C15H23ClN2O2S. The first-order valence-corrected chi connectivity index (χ1v) is 9.45. The Morgan fingerprint density at radius 3 is 2.67 bits per heavy atom. The normalized spacial score (nSPS) is 21.8. The van der Waals surface area contributed by atoms with E-state index in [1.807, 2.05) is 0 Å². The van der Waals surface area contributed by atoms with Gasteiger partial charge in [-0.05, 0) is 42.9 Å². The second-order valence-corrected chi connectivity index (χ2v) is 8.83. The maximum atomic E-state index is 11.3. The molecule has 0 bridgehead atoms. The zero-order valence-corrected chi connectivity index (χ0v) is 14.3. The fraction of sp³-hybridized carbons (Fsp3) is 0.600. The second kappa shape index (κ2) is 6.05. The third-order valence-electron chi connectivity index (χ3n) is 3.83. The van der Waals surface area contributed by atoms with E-state index in [1.54, 1.807) is 18.2 Å². The number of anilines is 2. The lowest BCUT2D eigenvalue weighted by atomic mass is 9.75. The monoisotopic (exact) mass is 330 g/mol. The van der Waals surface area contributed by atoms with Gasteiger partial charge in [0, 0.05) is 6.04 Å². The van der Waals surface area contributed by atoms with Gasteiger partial charge in [0.15, 0.2) is 0 Å². The highest BCUT2D eigenvalue weighted by Gasteiger charge is 2.28. The number of nitrogens with one attached hydrogen (secondary N) is 2. The van der Waals surface area contributed by atoms with Crippen LogP contribution in [0.3, 0.4) is 0 Å². The SMILES string of the molecule is CC1(C)CCCC(Nc2cc(NS(C)(=O)=O)ccc2Cl)C1. The van der Waals surface area contributed by atoms with Crippen LogP contribution in [0.1, 0.15) is 39.5 Å². The smallest absolute Gasteiger partial charge is 0.229 e. The van der Waals surface area contributed by atoms with Crippen molar-refractivity contribution in [1.82, 2.24) is 0 Å². The van der Waals surface area contributed by atoms with Gasteiger partial charge in [-0.3, -0.25) is 4.72 Å². The quantitative estimate of drug-likeness (QED) is 0.874. The Balaban J connectivity index is 2.14. The van der Waals surface area contributed by atoms with E-state index in [1.165, 1.54) is 12.8 Å². The van der Waals surface area contributed by atoms with Crippen molar-refractivity contribution < 1.29 is 8.42 Å². The van der Waals surface area contributed by atoms with Crippen molar-refractivity contribution >= 4 is 33.0 Å². The topological polar surface area (TPSA) is 58.2 Å². The molecule has 1 fully saturated rings. The molecule has 0 heterocycles. The van der Waals surface area contributed by atoms with E-state index in [0.29, 0.717) is 22.2 Å². The van der Waals surface area contributed by atoms with Gasteiger partial charge >= 0.3 is 0 Å². The van der Waals surface area contributed by atoms with Gasteiger partial charge in [0.05, 0.1) is 22.7 Å². The molecule has 6 heteroatoms. The van der Waals surface area contributed by atoms with Crippen molar-refractivity contribution in [2.75, 3.05) is 16.3 Å². The van der Waals surface area contributed by atoms with E-state index in [0.717, 1.165) is 24.8 Å². The average Bonchev–Trinajstić information content (AvgIpc) is 2.30. The minimum Gasteiger partial charge on any atom is -0.381 e. The summed E-state index contributed by atoms with van der Waals surface area (Å²) in [4.78, 5) is 0. The highest BCUT2D eigenvalue weighted by atomic mass is 35.5. The van der Waals surface area contributed by atoms with Gasteiger partial charge in [-0.15, -0.1) is 0 Å². The number of hydrogen-bond acceptors (Lipinski definition) is 3. The van der Waals surface area contributed by atoms with Crippen molar-refractivity contribution in [3.05, 3.63) is 23.2 Å². The first kappa shape index (κ1) is 16.4.